The number of nitrogens with one attached hydrogen (secondary N) is 1. The summed E-state index contributed by atoms with van der Waals surface area (Å²) in [5, 5.41) is 3.62. The molecule has 2 saturated heterocycles. The summed E-state index contributed by atoms with van der Waals surface area (Å²) in [6.07, 6.45) is 7.68. The van der Waals surface area contributed by atoms with Crippen molar-refractivity contribution >= 4 is 5.91 Å². The van der Waals surface area contributed by atoms with Crippen LogP contribution < -0.4 is 5.32 Å². The molecule has 0 saturated carbocycles. The average Bonchev–Trinajstić information content (AvgIpc) is 3.05. The summed E-state index contributed by atoms with van der Waals surface area (Å²) in [5.41, 5.74) is 0. The van der Waals surface area contributed by atoms with E-state index in [0.29, 0.717) is 31.0 Å². The van der Waals surface area contributed by atoms with E-state index in [2.05, 4.69) is 5.32 Å². The van der Waals surface area contributed by atoms with Gasteiger partial charge >= 0.3 is 0 Å². The Kier molecular flexibility index (Phi) is 3.60. The van der Waals surface area contributed by atoms with Gasteiger partial charge in [-0.25, -0.2) is 0 Å². The van der Waals surface area contributed by atoms with Crippen molar-refractivity contribution in [3.05, 3.63) is 24.2 Å². The van der Waals surface area contributed by atoms with E-state index in [1.807, 2.05) is 24.1 Å². The largest absolute Gasteiger partial charge is 0.469 e. The van der Waals surface area contributed by atoms with Crippen molar-refractivity contribution in [2.45, 2.75) is 56.7 Å². The number of carbonyl (C=O) groups is 1. The maximum absolute atomic E-state index is 12.2. The van der Waals surface area contributed by atoms with Gasteiger partial charge in [0.2, 0.25) is 5.91 Å². The number of fused-ring (bicyclic) bond motifs is 2. The molecule has 1 aromatic heterocycles. The number of hydrogen-bond donors (Lipinski definition) is 1. The molecule has 0 spiro atoms. The number of furan rings is 1. The normalized spacial score (nSPS) is 29.4. The molecule has 1 amide bonds. The van der Waals surface area contributed by atoms with Crippen molar-refractivity contribution in [2.75, 3.05) is 7.05 Å². The zero-order valence-electron chi connectivity index (χ0n) is 11.5. The zero-order chi connectivity index (χ0) is 13.2. The number of hydrogen-bond acceptors (Lipinski definition) is 3. The molecule has 0 aliphatic carbocycles. The molecule has 2 aliphatic rings. The molecule has 0 aromatic carbocycles. The predicted octanol–water partition coefficient (Wildman–Crippen LogP) is 1.95. The first-order valence-corrected chi connectivity index (χ1v) is 7.26. The van der Waals surface area contributed by atoms with Gasteiger partial charge in [0, 0.05) is 38.0 Å². The maximum atomic E-state index is 12.2. The molecule has 104 valence electrons. The Morgan fingerprint density at radius 1 is 1.42 bits per heavy atom. The lowest BCUT2D eigenvalue weighted by atomic mass is 9.98. The van der Waals surface area contributed by atoms with Crippen LogP contribution in [-0.2, 0) is 11.2 Å². The second-order valence-electron chi connectivity index (χ2n) is 5.85. The van der Waals surface area contributed by atoms with Crippen LogP contribution in [-0.4, -0.2) is 36.0 Å². The molecule has 4 nitrogen and oxygen atoms in total. The standard InChI is InChI=1S/C15H22N2O2/c1-17(13-9-11-4-5-12(10-13)16-11)15(18)7-6-14-3-2-8-19-14/h2-3,8,11-13,16H,4-7,9-10H2,1H3. The lowest BCUT2D eigenvalue weighted by molar-refractivity contribution is -0.132. The van der Waals surface area contributed by atoms with Crippen molar-refractivity contribution in [3.8, 4) is 0 Å². The van der Waals surface area contributed by atoms with Crippen molar-refractivity contribution in [1.29, 1.82) is 0 Å². The fraction of sp³-hybridized carbons (Fsp3) is 0.667. The van der Waals surface area contributed by atoms with Gasteiger partial charge in [0.15, 0.2) is 0 Å². The van der Waals surface area contributed by atoms with Crippen molar-refractivity contribution < 1.29 is 9.21 Å². The van der Waals surface area contributed by atoms with E-state index in [1.165, 1.54) is 12.8 Å². The minimum Gasteiger partial charge on any atom is -0.469 e. The first kappa shape index (κ1) is 12.7. The minimum absolute atomic E-state index is 0.239. The zero-order valence-corrected chi connectivity index (χ0v) is 11.5. The van der Waals surface area contributed by atoms with Crippen LogP contribution in [0.5, 0.6) is 0 Å². The highest BCUT2D eigenvalue weighted by Crippen LogP contribution is 2.29. The molecule has 19 heavy (non-hydrogen) atoms. The van der Waals surface area contributed by atoms with Gasteiger partial charge in [0.25, 0.3) is 0 Å². The fourth-order valence-corrected chi connectivity index (χ4v) is 3.41. The van der Waals surface area contributed by atoms with Crippen molar-refractivity contribution in [3.63, 3.8) is 0 Å². The average molecular weight is 262 g/mol. The van der Waals surface area contributed by atoms with Crippen LogP contribution in [0.15, 0.2) is 22.8 Å². The predicted molar refractivity (Wildman–Crippen MR) is 72.8 cm³/mol. The number of rotatable bonds is 4. The summed E-state index contributed by atoms with van der Waals surface area (Å²) in [7, 11) is 1.96. The molecule has 1 aromatic rings. The second-order valence-corrected chi connectivity index (χ2v) is 5.85. The number of carbonyl (C=O) groups excluding carboxylic acids is 1. The molecule has 2 fully saturated rings. The summed E-state index contributed by atoms with van der Waals surface area (Å²) in [6.45, 7) is 0. The summed E-state index contributed by atoms with van der Waals surface area (Å²) < 4.78 is 5.27. The van der Waals surface area contributed by atoms with E-state index in [-0.39, 0.29) is 5.91 Å². The summed E-state index contributed by atoms with van der Waals surface area (Å²) >= 11 is 0. The Labute approximate surface area is 114 Å². The molecule has 3 rings (SSSR count). The summed E-state index contributed by atoms with van der Waals surface area (Å²) in [6, 6.07) is 5.47. The summed E-state index contributed by atoms with van der Waals surface area (Å²) in [4.78, 5) is 14.2. The molecule has 4 heteroatoms. The highest BCUT2D eigenvalue weighted by atomic mass is 16.3. The van der Waals surface area contributed by atoms with Gasteiger partial charge < -0.3 is 14.6 Å². The Balaban J connectivity index is 1.51. The van der Waals surface area contributed by atoms with Crippen LogP contribution in [0.25, 0.3) is 0 Å². The first-order valence-electron chi connectivity index (χ1n) is 7.26. The van der Waals surface area contributed by atoms with Crippen LogP contribution in [0, 0.1) is 0 Å². The Morgan fingerprint density at radius 3 is 2.79 bits per heavy atom. The Morgan fingerprint density at radius 2 is 2.16 bits per heavy atom. The lowest BCUT2D eigenvalue weighted by Gasteiger charge is -2.35. The number of amides is 1. The minimum atomic E-state index is 0.239. The summed E-state index contributed by atoms with van der Waals surface area (Å²) in [5.74, 6) is 1.13. The van der Waals surface area contributed by atoms with Gasteiger partial charge in [0.1, 0.15) is 5.76 Å². The van der Waals surface area contributed by atoms with E-state index in [4.69, 9.17) is 4.42 Å². The highest BCUT2D eigenvalue weighted by molar-refractivity contribution is 5.76. The van der Waals surface area contributed by atoms with Gasteiger partial charge in [-0.1, -0.05) is 0 Å². The molecule has 2 bridgehead atoms. The third kappa shape index (κ3) is 2.84. The van der Waals surface area contributed by atoms with Crippen molar-refractivity contribution in [1.82, 2.24) is 10.2 Å². The van der Waals surface area contributed by atoms with Crippen LogP contribution in [0.1, 0.15) is 37.9 Å². The van der Waals surface area contributed by atoms with E-state index >= 15 is 0 Å². The maximum Gasteiger partial charge on any atom is 0.223 e. The smallest absolute Gasteiger partial charge is 0.223 e. The van der Waals surface area contributed by atoms with E-state index in [0.717, 1.165) is 18.6 Å². The third-order valence-corrected chi connectivity index (χ3v) is 4.55. The molecule has 3 heterocycles. The highest BCUT2D eigenvalue weighted by Gasteiger charge is 2.36. The van der Waals surface area contributed by atoms with E-state index in [9.17, 15) is 4.79 Å². The quantitative estimate of drug-likeness (QED) is 0.902. The van der Waals surface area contributed by atoms with E-state index < -0.39 is 0 Å². The number of aryl methyl sites for hydroxylation is 1. The Hall–Kier alpha value is -1.29. The number of nitrogens with zero attached hydrogens (tertiary/aromatic N) is 1. The first-order chi connectivity index (χ1) is 9.22. The van der Waals surface area contributed by atoms with Crippen LogP contribution >= 0.6 is 0 Å². The van der Waals surface area contributed by atoms with Gasteiger partial charge in [-0.15, -0.1) is 0 Å². The molecule has 1 N–H and O–H groups in total. The lowest BCUT2D eigenvalue weighted by Crippen LogP contribution is -2.48. The molecular formula is C15H22N2O2. The number of piperidine rings is 1. The van der Waals surface area contributed by atoms with Crippen LogP contribution in [0.4, 0.5) is 0 Å². The molecule has 2 aliphatic heterocycles. The topological polar surface area (TPSA) is 45.5 Å². The molecule has 0 radical (unpaired) electrons. The Bertz CT molecular complexity index is 417. The van der Waals surface area contributed by atoms with Crippen LogP contribution in [0.2, 0.25) is 0 Å². The molecule has 2 unspecified atom stereocenters. The van der Waals surface area contributed by atoms with Crippen LogP contribution in [0.3, 0.4) is 0 Å². The SMILES string of the molecule is CN(C(=O)CCc1ccco1)C1CC2CCC(C1)N2. The molecular weight excluding hydrogens is 240 g/mol. The third-order valence-electron chi connectivity index (χ3n) is 4.55. The van der Waals surface area contributed by atoms with E-state index in [1.54, 1.807) is 6.26 Å². The second kappa shape index (κ2) is 5.37. The van der Waals surface area contributed by atoms with Gasteiger partial charge in [0.05, 0.1) is 6.26 Å². The van der Waals surface area contributed by atoms with Gasteiger partial charge in [-0.3, -0.25) is 4.79 Å². The van der Waals surface area contributed by atoms with Gasteiger partial charge in [-0.2, -0.15) is 0 Å². The van der Waals surface area contributed by atoms with Gasteiger partial charge in [-0.05, 0) is 37.8 Å². The van der Waals surface area contributed by atoms with Crippen molar-refractivity contribution in [2.24, 2.45) is 0 Å². The fourth-order valence-electron chi connectivity index (χ4n) is 3.41. The monoisotopic (exact) mass is 262 g/mol. The molecule has 2 atom stereocenters.